The third kappa shape index (κ3) is 5.69. The number of benzene rings is 2. The summed E-state index contributed by atoms with van der Waals surface area (Å²) in [5, 5.41) is 3.07. The van der Waals surface area contributed by atoms with Gasteiger partial charge in [0, 0.05) is 67.7 Å². The van der Waals surface area contributed by atoms with Crippen LogP contribution in [0.5, 0.6) is 0 Å². The van der Waals surface area contributed by atoms with Crippen molar-refractivity contribution in [2.45, 2.75) is 70.1 Å². The highest BCUT2D eigenvalue weighted by Gasteiger charge is 2.33. The fourth-order valence-electron chi connectivity index (χ4n) is 6.46. The molecule has 1 aromatic heterocycles. The van der Waals surface area contributed by atoms with Gasteiger partial charge >= 0.3 is 0 Å². The maximum absolute atomic E-state index is 13.4. The average Bonchev–Trinajstić information content (AvgIpc) is 3.65. The Morgan fingerprint density at radius 2 is 1.62 bits per heavy atom. The second-order valence-corrected chi connectivity index (χ2v) is 13.7. The number of carbonyl (C=O) groups is 1. The number of nitrogens with one attached hydrogen (secondary N) is 2. The van der Waals surface area contributed by atoms with Crippen LogP contribution in [0.25, 0.3) is 0 Å². The van der Waals surface area contributed by atoms with Gasteiger partial charge in [0.1, 0.15) is 0 Å². The number of H-pyrrole nitrogens is 1. The lowest BCUT2D eigenvalue weighted by molar-refractivity contribution is -0.117. The van der Waals surface area contributed by atoms with Gasteiger partial charge in [-0.15, -0.1) is 0 Å². The highest BCUT2D eigenvalue weighted by molar-refractivity contribution is 7.84. The van der Waals surface area contributed by atoms with Crippen molar-refractivity contribution in [2.75, 3.05) is 38.0 Å². The highest BCUT2D eigenvalue weighted by atomic mass is 32.2. The Labute approximate surface area is 241 Å². The predicted molar refractivity (Wildman–Crippen MR) is 162 cm³/mol. The number of aromatic nitrogens is 1. The number of aryl methyl sites for hydroxylation is 3. The van der Waals surface area contributed by atoms with Crippen LogP contribution in [0.3, 0.4) is 0 Å². The number of anilines is 1. The van der Waals surface area contributed by atoms with Crippen LogP contribution < -0.4 is 5.32 Å². The molecule has 40 heavy (non-hydrogen) atoms. The van der Waals surface area contributed by atoms with Gasteiger partial charge in [0.15, 0.2) is 0 Å². The van der Waals surface area contributed by atoms with Gasteiger partial charge < -0.3 is 15.2 Å². The monoisotopic (exact) mass is 558 g/mol. The van der Waals surface area contributed by atoms with Gasteiger partial charge in [-0.05, 0) is 98.0 Å². The molecule has 3 heterocycles. The van der Waals surface area contributed by atoms with Gasteiger partial charge in [0.25, 0.3) is 0 Å². The van der Waals surface area contributed by atoms with Crippen LogP contribution in [-0.2, 0) is 34.3 Å². The molecule has 2 N–H and O–H groups in total. The van der Waals surface area contributed by atoms with E-state index in [9.17, 15) is 9.00 Å². The van der Waals surface area contributed by atoms with E-state index >= 15 is 0 Å². The van der Waals surface area contributed by atoms with E-state index < -0.39 is 10.8 Å². The SMILES string of the molecule is Cc1cccc(C)c1CS(=O)c1ccc2c(c1)C(Cc1[nH]c(C)c(CN3CCN(CC4CC4)CC3)c1C)C(=O)N2. The van der Waals surface area contributed by atoms with Gasteiger partial charge in [0.05, 0.1) is 22.5 Å². The van der Waals surface area contributed by atoms with E-state index in [0.717, 1.165) is 77.2 Å². The van der Waals surface area contributed by atoms with E-state index in [1.165, 1.54) is 36.2 Å². The minimum atomic E-state index is -1.19. The van der Waals surface area contributed by atoms with Gasteiger partial charge in [-0.3, -0.25) is 13.9 Å². The number of nitrogens with zero attached hydrogens (tertiary/aromatic N) is 2. The van der Waals surface area contributed by atoms with Gasteiger partial charge in [0.2, 0.25) is 5.91 Å². The molecule has 1 saturated heterocycles. The molecule has 2 aliphatic heterocycles. The Morgan fingerprint density at radius 1 is 0.925 bits per heavy atom. The zero-order valence-corrected chi connectivity index (χ0v) is 25.1. The van der Waals surface area contributed by atoms with Crippen LogP contribution in [-0.4, -0.2) is 57.6 Å². The van der Waals surface area contributed by atoms with Crippen LogP contribution in [0.1, 0.15) is 63.5 Å². The van der Waals surface area contributed by atoms with Crippen molar-refractivity contribution in [3.05, 3.63) is 81.2 Å². The van der Waals surface area contributed by atoms with Crippen molar-refractivity contribution in [3.63, 3.8) is 0 Å². The van der Waals surface area contributed by atoms with Crippen LogP contribution in [0.4, 0.5) is 5.69 Å². The summed E-state index contributed by atoms with van der Waals surface area (Å²) in [4.78, 5) is 22.7. The van der Waals surface area contributed by atoms with Gasteiger partial charge in [-0.25, -0.2) is 0 Å². The van der Waals surface area contributed by atoms with Crippen LogP contribution in [0, 0.1) is 33.6 Å². The fraction of sp³-hybridized carbons (Fsp3) is 0.485. The molecule has 0 spiro atoms. The van der Waals surface area contributed by atoms with E-state index in [2.05, 4.69) is 59.9 Å². The molecule has 1 amide bonds. The first-order chi connectivity index (χ1) is 19.3. The van der Waals surface area contributed by atoms with Crippen molar-refractivity contribution in [3.8, 4) is 0 Å². The van der Waals surface area contributed by atoms with E-state index in [0.29, 0.717) is 12.2 Å². The predicted octanol–water partition coefficient (Wildman–Crippen LogP) is 5.36. The van der Waals surface area contributed by atoms with E-state index in [1.807, 2.05) is 24.3 Å². The maximum atomic E-state index is 13.4. The number of fused-ring (bicyclic) bond motifs is 1. The zero-order valence-electron chi connectivity index (χ0n) is 24.3. The Bertz CT molecular complexity index is 1430. The Balaban J connectivity index is 1.15. The minimum absolute atomic E-state index is 0.0210. The zero-order chi connectivity index (χ0) is 28.0. The van der Waals surface area contributed by atoms with Crippen molar-refractivity contribution >= 4 is 22.4 Å². The third-order valence-electron chi connectivity index (χ3n) is 9.32. The van der Waals surface area contributed by atoms with Crippen LogP contribution in [0.15, 0.2) is 41.3 Å². The van der Waals surface area contributed by atoms with Crippen LogP contribution >= 0.6 is 0 Å². The summed E-state index contributed by atoms with van der Waals surface area (Å²) in [7, 11) is -1.19. The largest absolute Gasteiger partial charge is 0.362 e. The van der Waals surface area contributed by atoms with Gasteiger partial charge in [-0.1, -0.05) is 18.2 Å². The molecule has 7 heteroatoms. The molecule has 1 aliphatic carbocycles. The van der Waals surface area contributed by atoms with Crippen molar-refractivity contribution in [2.24, 2.45) is 5.92 Å². The molecule has 0 radical (unpaired) electrons. The average molecular weight is 559 g/mol. The fourth-order valence-corrected chi connectivity index (χ4v) is 7.83. The molecule has 6 nitrogen and oxygen atoms in total. The molecule has 0 bridgehead atoms. The second-order valence-electron chi connectivity index (χ2n) is 12.2. The Kier molecular flexibility index (Phi) is 7.73. The number of piperazine rings is 1. The summed E-state index contributed by atoms with van der Waals surface area (Å²) >= 11 is 0. The first-order valence-electron chi connectivity index (χ1n) is 14.8. The number of amides is 1. The molecule has 2 unspecified atom stereocenters. The summed E-state index contributed by atoms with van der Waals surface area (Å²) in [5.74, 6) is 1.17. The first kappa shape index (κ1) is 27.4. The maximum Gasteiger partial charge on any atom is 0.232 e. The summed E-state index contributed by atoms with van der Waals surface area (Å²) < 4.78 is 13.4. The molecule has 2 atom stereocenters. The number of hydrogen-bond acceptors (Lipinski definition) is 4. The number of hydrogen-bond donors (Lipinski definition) is 2. The molecular weight excluding hydrogens is 516 g/mol. The van der Waals surface area contributed by atoms with E-state index in [1.54, 1.807) is 0 Å². The van der Waals surface area contributed by atoms with E-state index in [4.69, 9.17) is 0 Å². The molecule has 212 valence electrons. The third-order valence-corrected chi connectivity index (χ3v) is 10.7. The number of rotatable bonds is 9. The molecule has 3 aliphatic rings. The normalized spacial score (nSPS) is 20.5. The molecule has 2 fully saturated rings. The first-order valence-corrected chi connectivity index (χ1v) is 16.1. The molecule has 3 aromatic rings. The second kappa shape index (κ2) is 11.3. The summed E-state index contributed by atoms with van der Waals surface area (Å²) in [6.45, 7) is 15.3. The quantitative estimate of drug-likeness (QED) is 0.371. The van der Waals surface area contributed by atoms with Crippen LogP contribution in [0.2, 0.25) is 0 Å². The lowest BCUT2D eigenvalue weighted by atomic mass is 9.94. The number of carbonyl (C=O) groups excluding carboxylic acids is 1. The lowest BCUT2D eigenvalue weighted by Gasteiger charge is -2.35. The standard InChI is InChI=1S/C33H42N4O2S/c1-21-6-5-7-22(2)30(21)20-40(39)26-10-11-31-27(16-26)28(33(38)35-31)17-32-23(3)29(24(4)34-32)19-37-14-12-36(13-15-37)18-25-8-9-25/h5-7,10-11,16,25,28,34H,8-9,12-15,17-20H2,1-4H3,(H,35,38). The highest BCUT2D eigenvalue weighted by Crippen LogP contribution is 2.37. The van der Waals surface area contributed by atoms with Gasteiger partial charge in [-0.2, -0.15) is 0 Å². The molecule has 1 saturated carbocycles. The summed E-state index contributed by atoms with van der Waals surface area (Å²) in [6.07, 6.45) is 3.45. The molecular formula is C33H42N4O2S. The van der Waals surface area contributed by atoms with Crippen molar-refractivity contribution in [1.82, 2.24) is 14.8 Å². The minimum Gasteiger partial charge on any atom is -0.362 e. The van der Waals surface area contributed by atoms with Crippen molar-refractivity contribution < 1.29 is 9.00 Å². The van der Waals surface area contributed by atoms with Crippen molar-refractivity contribution in [1.29, 1.82) is 0 Å². The molecule has 6 rings (SSSR count). The summed E-state index contributed by atoms with van der Waals surface area (Å²) in [6, 6.07) is 12.0. The Hall–Kier alpha value is -2.74. The molecule has 2 aromatic carbocycles. The summed E-state index contributed by atoms with van der Waals surface area (Å²) in [5.41, 5.74) is 10.2. The Morgan fingerprint density at radius 3 is 2.33 bits per heavy atom. The smallest absolute Gasteiger partial charge is 0.232 e. The van der Waals surface area contributed by atoms with E-state index in [-0.39, 0.29) is 11.8 Å². The topological polar surface area (TPSA) is 68.4 Å². The number of aromatic amines is 1. The lowest BCUT2D eigenvalue weighted by Crippen LogP contribution is -2.46.